The second-order valence-electron chi connectivity index (χ2n) is 16.2. The van der Waals surface area contributed by atoms with E-state index in [-0.39, 0.29) is 0 Å². The Hall–Kier alpha value is 0.510. The van der Waals surface area contributed by atoms with Gasteiger partial charge in [-0.15, -0.1) is 0 Å². The average Bonchev–Trinajstić information content (AvgIpc) is 3.19. The Kier molecular flexibility index (Phi) is 16.9. The van der Waals surface area contributed by atoms with E-state index in [2.05, 4.69) is 82.8 Å². The van der Waals surface area contributed by atoms with Crippen LogP contribution in [0.15, 0.2) is 0 Å². The molecule has 0 spiro atoms. The number of hydrogen-bond acceptors (Lipinski definition) is 12. The lowest BCUT2D eigenvalue weighted by Gasteiger charge is -2.35. The Bertz CT molecular complexity index is 921. The van der Waals surface area contributed by atoms with Crippen molar-refractivity contribution in [2.24, 2.45) is 0 Å². The molecule has 0 aromatic carbocycles. The Balaban J connectivity index is 1.25. The molecule has 6 aliphatic rings. The van der Waals surface area contributed by atoms with E-state index in [0.717, 1.165) is 17.8 Å². The van der Waals surface area contributed by atoms with Crippen LogP contribution in [0.3, 0.4) is 0 Å². The van der Waals surface area contributed by atoms with Crippen LogP contribution in [-0.4, -0.2) is 46.5 Å². The number of rotatable bonds is 15. The van der Waals surface area contributed by atoms with E-state index >= 15 is 0 Å². The molecule has 0 atom stereocenters. The fraction of sp³-hybridized carbons (Fsp3) is 0.923. The highest BCUT2D eigenvalue weighted by atomic mass is 32.2. The first-order chi connectivity index (χ1) is 25.2. The highest BCUT2D eigenvalue weighted by Gasteiger charge is 2.33. The van der Waals surface area contributed by atoms with Gasteiger partial charge in [0.25, 0.3) is 17.8 Å². The van der Waals surface area contributed by atoms with E-state index in [9.17, 15) is 0 Å². The lowest BCUT2D eigenvalue weighted by Crippen LogP contribution is -2.27. The summed E-state index contributed by atoms with van der Waals surface area (Å²) in [5.74, 6) is 2.74. The maximum absolute atomic E-state index is 5.57. The maximum Gasteiger partial charge on any atom is 0.252 e. The van der Waals surface area contributed by atoms with Gasteiger partial charge in [-0.2, -0.15) is 15.0 Å². The van der Waals surface area contributed by atoms with Crippen molar-refractivity contribution < 1.29 is 0 Å². The Labute approximate surface area is 337 Å². The third-order valence-corrected chi connectivity index (χ3v) is 20.2. The summed E-state index contributed by atoms with van der Waals surface area (Å²) in [6.07, 6.45) is 40.5. The lowest BCUT2D eigenvalue weighted by atomic mass is 10.0. The van der Waals surface area contributed by atoms with E-state index in [4.69, 9.17) is 15.0 Å². The second kappa shape index (κ2) is 21.7. The molecule has 51 heavy (non-hydrogen) atoms. The van der Waals surface area contributed by atoms with Crippen LogP contribution in [0, 0.1) is 0 Å². The number of nitrogens with zero attached hydrogens (tertiary/aromatic N) is 6. The molecule has 6 aliphatic carbocycles. The van der Waals surface area contributed by atoms with Crippen molar-refractivity contribution in [3.63, 3.8) is 0 Å². The molecule has 1 aromatic rings. The average molecular weight is 811 g/mol. The highest BCUT2D eigenvalue weighted by Crippen LogP contribution is 2.47. The van der Waals surface area contributed by atoms with Gasteiger partial charge in [0.15, 0.2) is 0 Å². The predicted octanol–water partition coefficient (Wildman–Crippen LogP) is 14.2. The molecule has 0 radical (unpaired) electrons. The van der Waals surface area contributed by atoms with Crippen LogP contribution < -0.4 is 11.1 Å². The van der Waals surface area contributed by atoms with Gasteiger partial charge in [-0.1, -0.05) is 116 Å². The first-order valence-corrected chi connectivity index (χ1v) is 26.4. The molecule has 288 valence electrons. The SMILES string of the molecule is C1CCC(SN(SC2CCCCC2)c2nc(N(SC3CCCCC3)SC3CCCCC3)nc(N(SC3CCCCC3)SC3CCCCC3)n2)CC1. The molecule has 1 aromatic heterocycles. The van der Waals surface area contributed by atoms with E-state index in [1.807, 2.05) is 0 Å². The molecule has 0 amide bonds. The zero-order valence-electron chi connectivity index (χ0n) is 31.3. The lowest BCUT2D eigenvalue weighted by molar-refractivity contribution is 0.514. The summed E-state index contributed by atoms with van der Waals surface area (Å²) in [5.41, 5.74) is 0. The van der Waals surface area contributed by atoms with E-state index in [1.165, 1.54) is 193 Å². The van der Waals surface area contributed by atoms with Gasteiger partial charge in [0.2, 0.25) is 0 Å². The van der Waals surface area contributed by atoms with E-state index in [0.29, 0.717) is 31.5 Å². The third-order valence-electron chi connectivity index (χ3n) is 11.9. The molecule has 6 nitrogen and oxygen atoms in total. The second-order valence-corrected chi connectivity index (χ2v) is 24.3. The molecule has 6 saturated carbocycles. The van der Waals surface area contributed by atoms with E-state index in [1.54, 1.807) is 0 Å². The number of aromatic nitrogens is 3. The summed E-state index contributed by atoms with van der Waals surface area (Å²) in [6.45, 7) is 0. The summed E-state index contributed by atoms with van der Waals surface area (Å²) < 4.78 is 7.60. The Morgan fingerprint density at radius 2 is 0.412 bits per heavy atom. The van der Waals surface area contributed by atoms with Crippen LogP contribution in [0.4, 0.5) is 17.8 Å². The monoisotopic (exact) mass is 810 g/mol. The topological polar surface area (TPSA) is 48.4 Å². The Morgan fingerprint density at radius 3 is 0.569 bits per heavy atom. The third kappa shape index (κ3) is 12.8. The minimum atomic E-state index is 0.659. The fourth-order valence-corrected chi connectivity index (χ4v) is 17.5. The minimum absolute atomic E-state index is 0.659. The van der Waals surface area contributed by atoms with Crippen molar-refractivity contribution in [3.05, 3.63) is 0 Å². The molecular formula is C39H66N6S6. The largest absolute Gasteiger partial charge is 0.252 e. The zero-order valence-corrected chi connectivity index (χ0v) is 36.2. The highest BCUT2D eigenvalue weighted by molar-refractivity contribution is 8.19. The van der Waals surface area contributed by atoms with Crippen LogP contribution in [0.2, 0.25) is 0 Å². The van der Waals surface area contributed by atoms with Gasteiger partial charge >= 0.3 is 0 Å². The van der Waals surface area contributed by atoms with Gasteiger partial charge in [0.1, 0.15) is 0 Å². The van der Waals surface area contributed by atoms with Gasteiger partial charge in [-0.3, -0.25) is 0 Å². The molecule has 0 bridgehead atoms. The fourth-order valence-electron chi connectivity index (χ4n) is 8.78. The summed E-state index contributed by atoms with van der Waals surface area (Å²) in [5, 5.41) is 3.96. The van der Waals surface area contributed by atoms with Crippen molar-refractivity contribution in [3.8, 4) is 0 Å². The van der Waals surface area contributed by atoms with Crippen molar-refractivity contribution >= 4 is 89.5 Å². The molecule has 7 rings (SSSR count). The predicted molar refractivity (Wildman–Crippen MR) is 234 cm³/mol. The molecule has 1 heterocycles. The van der Waals surface area contributed by atoms with Crippen molar-refractivity contribution in [1.29, 1.82) is 0 Å². The normalized spacial score (nSPS) is 24.5. The minimum Gasteiger partial charge on any atom is -0.224 e. The molecular weight excluding hydrogens is 745 g/mol. The number of anilines is 3. The van der Waals surface area contributed by atoms with Gasteiger partial charge in [0, 0.05) is 31.5 Å². The van der Waals surface area contributed by atoms with Crippen LogP contribution in [0.5, 0.6) is 0 Å². The summed E-state index contributed by atoms with van der Waals surface area (Å²) >= 11 is 12.5. The smallest absolute Gasteiger partial charge is 0.224 e. The van der Waals surface area contributed by atoms with Crippen LogP contribution >= 0.6 is 71.7 Å². The summed E-state index contributed by atoms with van der Waals surface area (Å²) in [4.78, 5) is 16.7. The van der Waals surface area contributed by atoms with Crippen molar-refractivity contribution in [2.75, 3.05) is 11.1 Å². The summed E-state index contributed by atoms with van der Waals surface area (Å²) in [6, 6.07) is 0. The van der Waals surface area contributed by atoms with Gasteiger partial charge in [-0.05, 0) is 149 Å². The molecule has 0 unspecified atom stereocenters. The molecule has 6 fully saturated rings. The van der Waals surface area contributed by atoms with Gasteiger partial charge in [0.05, 0.1) is 0 Å². The Morgan fingerprint density at radius 1 is 0.255 bits per heavy atom. The number of hydrogen-bond donors (Lipinski definition) is 0. The molecule has 0 N–H and O–H groups in total. The van der Waals surface area contributed by atoms with Gasteiger partial charge < -0.3 is 0 Å². The molecule has 0 saturated heterocycles. The first-order valence-electron chi connectivity index (χ1n) is 21.4. The maximum atomic E-state index is 5.57. The molecule has 0 aliphatic heterocycles. The van der Waals surface area contributed by atoms with Crippen LogP contribution in [-0.2, 0) is 0 Å². The van der Waals surface area contributed by atoms with Gasteiger partial charge in [-0.25, -0.2) is 11.1 Å². The summed E-state index contributed by atoms with van der Waals surface area (Å²) in [7, 11) is 0. The first kappa shape index (κ1) is 39.7. The van der Waals surface area contributed by atoms with Crippen molar-refractivity contribution in [2.45, 2.75) is 224 Å². The van der Waals surface area contributed by atoms with E-state index < -0.39 is 0 Å². The molecule has 12 heteroatoms. The van der Waals surface area contributed by atoms with Crippen LogP contribution in [0.1, 0.15) is 193 Å². The van der Waals surface area contributed by atoms with Crippen LogP contribution in [0.25, 0.3) is 0 Å². The quantitative estimate of drug-likeness (QED) is 0.159. The standard InChI is InChI=1S/C39H66N6S6/c1-7-19-31(20-8-1)46-43(47-32-21-9-2-10-22-32)37-40-38(44(48-33-23-11-3-12-24-33)49-34-25-13-4-14-26-34)42-39(41-37)45(50-35-27-15-5-16-28-35)51-36-29-17-6-18-30-36/h31-36H,1-30H2. The zero-order chi connectivity index (χ0) is 34.5. The van der Waals surface area contributed by atoms with Crippen molar-refractivity contribution in [1.82, 2.24) is 15.0 Å².